The van der Waals surface area contributed by atoms with E-state index in [0.29, 0.717) is 11.6 Å². The van der Waals surface area contributed by atoms with Crippen LogP contribution in [0.2, 0.25) is 5.02 Å². The lowest BCUT2D eigenvalue weighted by Crippen LogP contribution is -2.00. The van der Waals surface area contributed by atoms with E-state index in [2.05, 4.69) is 0 Å². The van der Waals surface area contributed by atoms with Crippen molar-refractivity contribution in [1.82, 2.24) is 0 Å². The molecule has 0 bridgehead atoms. The minimum atomic E-state index is -0.373. The summed E-state index contributed by atoms with van der Waals surface area (Å²) >= 11 is 6.06. The van der Waals surface area contributed by atoms with Crippen LogP contribution in [0.1, 0.15) is 11.1 Å². The summed E-state index contributed by atoms with van der Waals surface area (Å²) < 4.78 is 24.5. The van der Waals surface area contributed by atoms with Crippen molar-refractivity contribution in [2.24, 2.45) is 0 Å². The highest BCUT2D eigenvalue weighted by atomic mass is 35.5. The molecule has 0 atom stereocenters. The number of hydrogen-bond donors (Lipinski definition) is 0. The molecule has 1 aliphatic heterocycles. The third-order valence-corrected chi connectivity index (χ3v) is 3.26. The van der Waals surface area contributed by atoms with Gasteiger partial charge in [0.15, 0.2) is 11.6 Å². The summed E-state index contributed by atoms with van der Waals surface area (Å²) in [6.45, 7) is 0.895. The number of rotatable bonds is 3. The van der Waals surface area contributed by atoms with Crippen molar-refractivity contribution in [3.05, 3.63) is 58.4 Å². The molecule has 98 valence electrons. The maximum absolute atomic E-state index is 13.5. The Morgan fingerprint density at radius 1 is 1.26 bits per heavy atom. The van der Waals surface area contributed by atoms with E-state index >= 15 is 0 Å². The van der Waals surface area contributed by atoms with E-state index in [1.165, 1.54) is 6.07 Å². The standard InChI is InChI=1S/C15H12ClFO2/c16-12-7-10-5-6-18-15(10)11(8-12)9-19-14-4-2-1-3-13(14)17/h1-4,7-8H,5-6,9H2. The zero-order valence-corrected chi connectivity index (χ0v) is 10.9. The average molecular weight is 279 g/mol. The molecular formula is C15H12ClFO2. The van der Waals surface area contributed by atoms with Gasteiger partial charge >= 0.3 is 0 Å². The van der Waals surface area contributed by atoms with E-state index in [1.54, 1.807) is 24.3 Å². The summed E-state index contributed by atoms with van der Waals surface area (Å²) in [5, 5.41) is 0.649. The molecule has 0 amide bonds. The van der Waals surface area contributed by atoms with Gasteiger partial charge in [-0.3, -0.25) is 0 Å². The second-order valence-corrected chi connectivity index (χ2v) is 4.81. The van der Waals surface area contributed by atoms with E-state index in [1.807, 2.05) is 6.07 Å². The molecule has 0 saturated heterocycles. The third kappa shape index (κ3) is 2.51. The number of benzene rings is 2. The van der Waals surface area contributed by atoms with Gasteiger partial charge in [0.2, 0.25) is 0 Å². The van der Waals surface area contributed by atoms with Crippen LogP contribution >= 0.6 is 11.6 Å². The summed E-state index contributed by atoms with van der Waals surface area (Å²) in [5.74, 6) is 0.678. The minimum absolute atomic E-state index is 0.231. The van der Waals surface area contributed by atoms with Crippen molar-refractivity contribution in [2.75, 3.05) is 6.61 Å². The molecule has 0 fully saturated rings. The van der Waals surface area contributed by atoms with Crippen molar-refractivity contribution in [3.63, 3.8) is 0 Å². The molecular weight excluding hydrogens is 267 g/mol. The van der Waals surface area contributed by atoms with Crippen LogP contribution in [-0.2, 0) is 13.0 Å². The molecule has 0 radical (unpaired) electrons. The van der Waals surface area contributed by atoms with Crippen molar-refractivity contribution >= 4 is 11.6 Å². The quantitative estimate of drug-likeness (QED) is 0.845. The van der Waals surface area contributed by atoms with Crippen LogP contribution < -0.4 is 9.47 Å². The Morgan fingerprint density at radius 3 is 2.95 bits per heavy atom. The van der Waals surface area contributed by atoms with Crippen LogP contribution in [0, 0.1) is 5.82 Å². The summed E-state index contributed by atoms with van der Waals surface area (Å²) in [4.78, 5) is 0. The molecule has 4 heteroatoms. The lowest BCUT2D eigenvalue weighted by molar-refractivity contribution is 0.279. The van der Waals surface area contributed by atoms with Crippen LogP contribution in [0.5, 0.6) is 11.5 Å². The zero-order chi connectivity index (χ0) is 13.2. The number of halogens is 2. The van der Waals surface area contributed by atoms with E-state index in [0.717, 1.165) is 23.3 Å². The molecule has 0 spiro atoms. The molecule has 1 aliphatic rings. The first-order valence-corrected chi connectivity index (χ1v) is 6.43. The van der Waals surface area contributed by atoms with Gasteiger partial charge in [0.05, 0.1) is 6.61 Å². The van der Waals surface area contributed by atoms with Gasteiger partial charge in [-0.05, 0) is 29.8 Å². The Kier molecular flexibility index (Phi) is 3.30. The van der Waals surface area contributed by atoms with Crippen LogP contribution in [0.4, 0.5) is 4.39 Å². The molecule has 1 heterocycles. The van der Waals surface area contributed by atoms with Crippen molar-refractivity contribution in [2.45, 2.75) is 13.0 Å². The predicted octanol–water partition coefficient (Wildman–Crippen LogP) is 3.99. The molecule has 0 aromatic heterocycles. The Bertz CT molecular complexity index is 613. The highest BCUT2D eigenvalue weighted by Gasteiger charge is 2.18. The van der Waals surface area contributed by atoms with Gasteiger partial charge in [-0.1, -0.05) is 23.7 Å². The maximum atomic E-state index is 13.5. The topological polar surface area (TPSA) is 18.5 Å². The molecule has 2 aromatic rings. The van der Waals surface area contributed by atoms with Gasteiger partial charge in [-0.15, -0.1) is 0 Å². The van der Waals surface area contributed by atoms with Gasteiger partial charge in [-0.2, -0.15) is 0 Å². The molecule has 2 nitrogen and oxygen atoms in total. The largest absolute Gasteiger partial charge is 0.493 e. The fourth-order valence-corrected chi connectivity index (χ4v) is 2.43. The summed E-state index contributed by atoms with van der Waals surface area (Å²) in [5.41, 5.74) is 1.93. The van der Waals surface area contributed by atoms with Crippen LogP contribution in [0.15, 0.2) is 36.4 Å². The predicted molar refractivity (Wildman–Crippen MR) is 71.4 cm³/mol. The van der Waals surface area contributed by atoms with Gasteiger partial charge in [0, 0.05) is 17.0 Å². The fraction of sp³-hybridized carbons (Fsp3) is 0.200. The minimum Gasteiger partial charge on any atom is -0.493 e. The van der Waals surface area contributed by atoms with Crippen LogP contribution in [0.3, 0.4) is 0 Å². The molecule has 2 aromatic carbocycles. The zero-order valence-electron chi connectivity index (χ0n) is 10.2. The van der Waals surface area contributed by atoms with Crippen molar-refractivity contribution in [3.8, 4) is 11.5 Å². The molecule has 19 heavy (non-hydrogen) atoms. The number of para-hydroxylation sites is 1. The van der Waals surface area contributed by atoms with Gasteiger partial charge in [-0.25, -0.2) is 4.39 Å². The van der Waals surface area contributed by atoms with E-state index in [9.17, 15) is 4.39 Å². The smallest absolute Gasteiger partial charge is 0.165 e. The van der Waals surface area contributed by atoms with Gasteiger partial charge in [0.25, 0.3) is 0 Å². The Morgan fingerprint density at radius 2 is 2.11 bits per heavy atom. The maximum Gasteiger partial charge on any atom is 0.165 e. The highest BCUT2D eigenvalue weighted by Crippen LogP contribution is 2.33. The van der Waals surface area contributed by atoms with Crippen molar-refractivity contribution in [1.29, 1.82) is 0 Å². The third-order valence-electron chi connectivity index (χ3n) is 3.05. The SMILES string of the molecule is Fc1ccccc1OCc1cc(Cl)cc2c1OCC2. The monoisotopic (exact) mass is 278 g/mol. The summed E-state index contributed by atoms with van der Waals surface area (Å²) in [7, 11) is 0. The second kappa shape index (κ2) is 5.10. The number of ether oxygens (including phenoxy) is 2. The van der Waals surface area contributed by atoms with Gasteiger partial charge < -0.3 is 9.47 Å². The second-order valence-electron chi connectivity index (χ2n) is 4.37. The van der Waals surface area contributed by atoms with E-state index in [4.69, 9.17) is 21.1 Å². The highest BCUT2D eigenvalue weighted by molar-refractivity contribution is 6.30. The first kappa shape index (κ1) is 12.3. The van der Waals surface area contributed by atoms with Crippen molar-refractivity contribution < 1.29 is 13.9 Å². The Labute approximate surface area is 115 Å². The molecule has 0 aliphatic carbocycles. The molecule has 0 N–H and O–H groups in total. The lowest BCUT2D eigenvalue weighted by atomic mass is 10.1. The molecule has 0 saturated carbocycles. The van der Waals surface area contributed by atoms with Gasteiger partial charge in [0.1, 0.15) is 12.4 Å². The molecule has 0 unspecified atom stereocenters. The number of fused-ring (bicyclic) bond motifs is 1. The van der Waals surface area contributed by atoms with Crippen LogP contribution in [-0.4, -0.2) is 6.61 Å². The first-order valence-electron chi connectivity index (χ1n) is 6.05. The summed E-state index contributed by atoms with van der Waals surface area (Å²) in [6.07, 6.45) is 0.850. The summed E-state index contributed by atoms with van der Waals surface area (Å²) in [6, 6.07) is 10.0. The Hall–Kier alpha value is -1.74. The van der Waals surface area contributed by atoms with E-state index in [-0.39, 0.29) is 18.2 Å². The van der Waals surface area contributed by atoms with Crippen LogP contribution in [0.25, 0.3) is 0 Å². The average Bonchev–Trinajstić information content (AvgIpc) is 2.85. The Balaban J connectivity index is 1.83. The molecule has 3 rings (SSSR count). The normalized spacial score (nSPS) is 12.9. The lowest BCUT2D eigenvalue weighted by Gasteiger charge is -2.11. The first-order chi connectivity index (χ1) is 9.24. The van der Waals surface area contributed by atoms with E-state index < -0.39 is 0 Å². The number of hydrogen-bond acceptors (Lipinski definition) is 2. The fourth-order valence-electron chi connectivity index (χ4n) is 2.17.